The van der Waals surface area contributed by atoms with Gasteiger partial charge in [0.1, 0.15) is 6.20 Å². The van der Waals surface area contributed by atoms with E-state index in [1.165, 1.54) is 18.1 Å². The lowest BCUT2D eigenvalue weighted by atomic mass is 10.1. The fourth-order valence-electron chi connectivity index (χ4n) is 2.32. The lowest BCUT2D eigenvalue weighted by Crippen LogP contribution is -2.46. The van der Waals surface area contributed by atoms with E-state index >= 15 is 0 Å². The van der Waals surface area contributed by atoms with E-state index in [0.29, 0.717) is 0 Å². The van der Waals surface area contributed by atoms with Gasteiger partial charge in [0.2, 0.25) is 0 Å². The summed E-state index contributed by atoms with van der Waals surface area (Å²) in [5, 5.41) is 4.14. The van der Waals surface area contributed by atoms with E-state index in [4.69, 9.17) is 4.43 Å². The van der Waals surface area contributed by atoms with E-state index in [1.807, 2.05) is 16.9 Å². The van der Waals surface area contributed by atoms with Crippen LogP contribution < -0.4 is 0 Å². The van der Waals surface area contributed by atoms with Crippen molar-refractivity contribution in [1.82, 2.24) is 9.78 Å². The molecule has 4 heteroatoms. The summed E-state index contributed by atoms with van der Waals surface area (Å²) >= 11 is 0. The van der Waals surface area contributed by atoms with Crippen LogP contribution in [0.25, 0.3) is 0 Å². The highest BCUT2D eigenvalue weighted by Crippen LogP contribution is 2.28. The standard InChI is InChI=1S/C13H25N2OSi/c1-6-17(7-2,8-3)16-13(4,5)12-15-11-9-10-14-15/h9,11H,6-8,12H2,1-5H3. The molecule has 0 fully saturated rings. The zero-order chi connectivity index (χ0) is 12.9. The normalized spacial score (nSPS) is 13.0. The van der Waals surface area contributed by atoms with Crippen molar-refractivity contribution in [3.05, 3.63) is 18.5 Å². The van der Waals surface area contributed by atoms with Gasteiger partial charge in [-0.15, -0.1) is 0 Å². The van der Waals surface area contributed by atoms with E-state index in [0.717, 1.165) is 6.54 Å². The van der Waals surface area contributed by atoms with E-state index in [1.54, 1.807) is 0 Å². The first-order valence-electron chi connectivity index (χ1n) is 6.56. The fourth-order valence-corrected chi connectivity index (χ4v) is 5.49. The third-order valence-corrected chi connectivity index (χ3v) is 8.33. The molecule has 0 bridgehead atoms. The summed E-state index contributed by atoms with van der Waals surface area (Å²) in [5.74, 6) is 0. The SMILES string of the molecule is CC[Si](CC)(CC)OC(C)(C)Cn1cc[c]n1. The Balaban J connectivity index is 2.70. The summed E-state index contributed by atoms with van der Waals surface area (Å²) in [6.45, 7) is 11.9. The number of hydrogen-bond donors (Lipinski definition) is 0. The van der Waals surface area contributed by atoms with Crippen LogP contribution in [-0.2, 0) is 11.0 Å². The number of nitrogens with zero attached hydrogens (tertiary/aromatic N) is 2. The number of aromatic nitrogens is 2. The Morgan fingerprint density at radius 1 is 1.24 bits per heavy atom. The van der Waals surface area contributed by atoms with Crippen molar-refractivity contribution >= 4 is 8.32 Å². The Hall–Kier alpha value is -0.613. The zero-order valence-electron chi connectivity index (χ0n) is 11.8. The molecule has 0 spiro atoms. The van der Waals surface area contributed by atoms with Gasteiger partial charge in [-0.05, 0) is 38.0 Å². The molecule has 1 aromatic heterocycles. The quantitative estimate of drug-likeness (QED) is 0.696. The summed E-state index contributed by atoms with van der Waals surface area (Å²) in [6, 6.07) is 5.40. The Morgan fingerprint density at radius 3 is 2.24 bits per heavy atom. The van der Waals surface area contributed by atoms with E-state index in [9.17, 15) is 0 Å². The molecule has 0 saturated heterocycles. The van der Waals surface area contributed by atoms with Gasteiger partial charge in [-0.1, -0.05) is 20.8 Å². The van der Waals surface area contributed by atoms with Gasteiger partial charge in [0, 0.05) is 6.20 Å². The lowest BCUT2D eigenvalue weighted by Gasteiger charge is -2.38. The van der Waals surface area contributed by atoms with Crippen molar-refractivity contribution in [1.29, 1.82) is 0 Å². The van der Waals surface area contributed by atoms with Gasteiger partial charge in [-0.3, -0.25) is 4.68 Å². The molecule has 0 saturated carbocycles. The average molecular weight is 253 g/mol. The van der Waals surface area contributed by atoms with Crippen molar-refractivity contribution in [3.63, 3.8) is 0 Å². The predicted molar refractivity (Wildman–Crippen MR) is 73.4 cm³/mol. The van der Waals surface area contributed by atoms with Crippen LogP contribution in [-0.4, -0.2) is 23.7 Å². The Morgan fingerprint density at radius 2 is 1.82 bits per heavy atom. The summed E-state index contributed by atoms with van der Waals surface area (Å²) < 4.78 is 8.41. The Labute approximate surface area is 106 Å². The maximum Gasteiger partial charge on any atom is 0.192 e. The monoisotopic (exact) mass is 253 g/mol. The molecule has 0 unspecified atom stereocenters. The summed E-state index contributed by atoms with van der Waals surface area (Å²) in [4.78, 5) is 0. The molecule has 3 nitrogen and oxygen atoms in total. The van der Waals surface area contributed by atoms with Crippen LogP contribution in [0.2, 0.25) is 18.1 Å². The first kappa shape index (κ1) is 14.4. The minimum absolute atomic E-state index is 0.145. The van der Waals surface area contributed by atoms with Gasteiger partial charge in [-0.2, -0.15) is 5.10 Å². The van der Waals surface area contributed by atoms with Crippen molar-refractivity contribution in [2.75, 3.05) is 0 Å². The number of hydrogen-bond acceptors (Lipinski definition) is 2. The second kappa shape index (κ2) is 5.82. The lowest BCUT2D eigenvalue weighted by molar-refractivity contribution is 0.0723. The molecule has 1 aromatic rings. The Bertz CT molecular complexity index is 310. The fraction of sp³-hybridized carbons (Fsp3) is 0.769. The highest BCUT2D eigenvalue weighted by molar-refractivity contribution is 6.73. The summed E-state index contributed by atoms with van der Waals surface area (Å²) in [7, 11) is -1.54. The maximum atomic E-state index is 6.51. The van der Waals surface area contributed by atoms with Crippen molar-refractivity contribution in [3.8, 4) is 0 Å². The third-order valence-electron chi connectivity index (χ3n) is 3.48. The van der Waals surface area contributed by atoms with E-state index in [2.05, 4.69) is 45.9 Å². The molecule has 97 valence electrons. The maximum absolute atomic E-state index is 6.51. The molecule has 0 atom stereocenters. The molecular weight excluding hydrogens is 228 g/mol. The summed E-state index contributed by atoms with van der Waals surface area (Å²) in [6.07, 6.45) is 4.77. The van der Waals surface area contributed by atoms with Crippen molar-refractivity contribution in [2.45, 2.75) is 64.9 Å². The van der Waals surface area contributed by atoms with Crippen LogP contribution >= 0.6 is 0 Å². The van der Waals surface area contributed by atoms with Crippen LogP contribution in [0.4, 0.5) is 0 Å². The van der Waals surface area contributed by atoms with Gasteiger partial charge in [0.15, 0.2) is 8.32 Å². The molecule has 0 N–H and O–H groups in total. The molecule has 0 aromatic carbocycles. The van der Waals surface area contributed by atoms with Crippen LogP contribution in [0.5, 0.6) is 0 Å². The second-order valence-electron chi connectivity index (χ2n) is 5.25. The highest BCUT2D eigenvalue weighted by Gasteiger charge is 2.35. The molecule has 1 heterocycles. The van der Waals surface area contributed by atoms with Crippen molar-refractivity contribution in [2.24, 2.45) is 0 Å². The first-order chi connectivity index (χ1) is 7.97. The molecule has 0 amide bonds. The molecule has 0 aliphatic carbocycles. The highest BCUT2D eigenvalue weighted by atomic mass is 28.4. The van der Waals surface area contributed by atoms with Gasteiger partial charge < -0.3 is 4.43 Å². The largest absolute Gasteiger partial charge is 0.410 e. The van der Waals surface area contributed by atoms with Gasteiger partial charge in [-0.25, -0.2) is 0 Å². The predicted octanol–water partition coefficient (Wildman–Crippen LogP) is 3.48. The van der Waals surface area contributed by atoms with Crippen LogP contribution in [0.1, 0.15) is 34.6 Å². The second-order valence-corrected chi connectivity index (χ2v) is 9.94. The van der Waals surface area contributed by atoms with Crippen molar-refractivity contribution < 1.29 is 4.43 Å². The van der Waals surface area contributed by atoms with Crippen LogP contribution in [0.15, 0.2) is 12.3 Å². The van der Waals surface area contributed by atoms with Gasteiger partial charge in [0.05, 0.1) is 12.1 Å². The summed E-state index contributed by atoms with van der Waals surface area (Å²) in [5.41, 5.74) is -0.145. The van der Waals surface area contributed by atoms with E-state index < -0.39 is 8.32 Å². The van der Waals surface area contributed by atoms with Crippen LogP contribution in [0.3, 0.4) is 0 Å². The molecule has 1 rings (SSSR count). The first-order valence-corrected chi connectivity index (χ1v) is 9.09. The molecule has 1 radical (unpaired) electrons. The average Bonchev–Trinajstić information content (AvgIpc) is 2.78. The molecular formula is C13H25N2OSi. The Kier molecular flexibility index (Phi) is 4.95. The number of rotatable bonds is 7. The minimum atomic E-state index is -1.54. The minimum Gasteiger partial charge on any atom is -0.410 e. The van der Waals surface area contributed by atoms with E-state index in [-0.39, 0.29) is 5.60 Å². The molecule has 0 aliphatic heterocycles. The van der Waals surface area contributed by atoms with Crippen LogP contribution in [0, 0.1) is 6.20 Å². The zero-order valence-corrected chi connectivity index (χ0v) is 12.8. The third kappa shape index (κ3) is 3.96. The molecule has 17 heavy (non-hydrogen) atoms. The van der Waals surface area contributed by atoms with Gasteiger partial charge in [0.25, 0.3) is 0 Å². The smallest absolute Gasteiger partial charge is 0.192 e. The van der Waals surface area contributed by atoms with Gasteiger partial charge >= 0.3 is 0 Å². The molecule has 0 aliphatic rings. The topological polar surface area (TPSA) is 27.1 Å².